The molecular formula is C18H17NO2. The first-order chi connectivity index (χ1) is 10.2. The van der Waals surface area contributed by atoms with Gasteiger partial charge in [0.1, 0.15) is 0 Å². The Morgan fingerprint density at radius 2 is 1.95 bits per heavy atom. The summed E-state index contributed by atoms with van der Waals surface area (Å²) in [6, 6.07) is 15.8. The number of fused-ring (bicyclic) bond motifs is 1. The molecule has 0 saturated heterocycles. The van der Waals surface area contributed by atoms with Crippen molar-refractivity contribution in [2.75, 3.05) is 0 Å². The van der Waals surface area contributed by atoms with E-state index >= 15 is 0 Å². The lowest BCUT2D eigenvalue weighted by atomic mass is 10.1. The number of rotatable bonds is 4. The van der Waals surface area contributed by atoms with Gasteiger partial charge >= 0.3 is 0 Å². The van der Waals surface area contributed by atoms with Crippen LogP contribution < -0.4 is 5.32 Å². The summed E-state index contributed by atoms with van der Waals surface area (Å²) in [4.78, 5) is 12.3. The highest BCUT2D eigenvalue weighted by Gasteiger charge is 2.11. The van der Waals surface area contributed by atoms with E-state index in [0.717, 1.165) is 22.8 Å². The smallest absolute Gasteiger partial charge is 0.251 e. The highest BCUT2D eigenvalue weighted by atomic mass is 16.3. The van der Waals surface area contributed by atoms with Crippen LogP contribution in [0.5, 0.6) is 0 Å². The maximum absolute atomic E-state index is 12.3. The summed E-state index contributed by atoms with van der Waals surface area (Å²) < 4.78 is 5.04. The molecule has 1 amide bonds. The maximum atomic E-state index is 12.3. The highest BCUT2D eigenvalue weighted by Crippen LogP contribution is 2.15. The average molecular weight is 279 g/mol. The molecule has 3 rings (SSSR count). The van der Waals surface area contributed by atoms with Crippen LogP contribution in [0.15, 0.2) is 65.5 Å². The van der Waals surface area contributed by atoms with Gasteiger partial charge < -0.3 is 9.73 Å². The molecule has 1 aromatic heterocycles. The normalized spacial score (nSPS) is 12.2. The molecule has 3 heteroatoms. The summed E-state index contributed by atoms with van der Waals surface area (Å²) in [7, 11) is 0. The van der Waals surface area contributed by atoms with Gasteiger partial charge in [-0.1, -0.05) is 30.3 Å². The number of hydrogen-bond donors (Lipinski definition) is 1. The molecule has 0 unspecified atom stereocenters. The molecule has 3 nitrogen and oxygen atoms in total. The summed E-state index contributed by atoms with van der Waals surface area (Å²) in [5.74, 6) is -0.0447. The maximum Gasteiger partial charge on any atom is 0.251 e. The molecule has 0 bridgehead atoms. The van der Waals surface area contributed by atoms with Gasteiger partial charge in [-0.3, -0.25) is 4.79 Å². The quantitative estimate of drug-likeness (QED) is 0.789. The number of hydrogen-bond acceptors (Lipinski definition) is 2. The van der Waals surface area contributed by atoms with Gasteiger partial charge in [0, 0.05) is 11.6 Å². The van der Waals surface area contributed by atoms with E-state index in [4.69, 9.17) is 4.42 Å². The number of furan rings is 1. The minimum Gasteiger partial charge on any atom is -0.472 e. The zero-order valence-corrected chi connectivity index (χ0v) is 11.9. The zero-order valence-electron chi connectivity index (χ0n) is 11.9. The Kier molecular flexibility index (Phi) is 3.73. The first kappa shape index (κ1) is 13.4. The van der Waals surface area contributed by atoms with Crippen LogP contribution in [0.1, 0.15) is 22.8 Å². The number of nitrogens with one attached hydrogen (secondary N) is 1. The minimum atomic E-state index is -0.0447. The lowest BCUT2D eigenvalue weighted by Crippen LogP contribution is -2.33. The van der Waals surface area contributed by atoms with E-state index in [1.54, 1.807) is 12.5 Å². The van der Waals surface area contributed by atoms with E-state index in [0.29, 0.717) is 5.56 Å². The summed E-state index contributed by atoms with van der Waals surface area (Å²) >= 11 is 0. The topological polar surface area (TPSA) is 42.2 Å². The number of carbonyl (C=O) groups is 1. The van der Waals surface area contributed by atoms with E-state index < -0.39 is 0 Å². The van der Waals surface area contributed by atoms with E-state index in [2.05, 4.69) is 5.32 Å². The van der Waals surface area contributed by atoms with Crippen molar-refractivity contribution in [2.24, 2.45) is 0 Å². The van der Waals surface area contributed by atoms with Crippen LogP contribution in [0.4, 0.5) is 0 Å². The van der Waals surface area contributed by atoms with Gasteiger partial charge in [0.15, 0.2) is 0 Å². The molecule has 0 spiro atoms. The molecule has 0 saturated carbocycles. The zero-order chi connectivity index (χ0) is 14.7. The number of amides is 1. The predicted molar refractivity (Wildman–Crippen MR) is 83.3 cm³/mol. The molecule has 0 fully saturated rings. The molecule has 1 N–H and O–H groups in total. The Labute approximate surface area is 123 Å². The fourth-order valence-electron chi connectivity index (χ4n) is 2.45. The van der Waals surface area contributed by atoms with E-state index in [-0.39, 0.29) is 11.9 Å². The number of benzene rings is 2. The average Bonchev–Trinajstić information content (AvgIpc) is 2.99. The molecule has 3 aromatic rings. The predicted octanol–water partition coefficient (Wildman–Crippen LogP) is 3.79. The van der Waals surface area contributed by atoms with E-state index in [9.17, 15) is 4.79 Å². The third-order valence-corrected chi connectivity index (χ3v) is 3.51. The Balaban J connectivity index is 1.71. The summed E-state index contributed by atoms with van der Waals surface area (Å²) in [5.41, 5.74) is 1.77. The van der Waals surface area contributed by atoms with Gasteiger partial charge in [-0.05, 0) is 47.9 Å². The Hall–Kier alpha value is -2.55. The molecule has 0 aliphatic rings. The molecular weight excluding hydrogens is 262 g/mol. The lowest BCUT2D eigenvalue weighted by molar-refractivity contribution is 0.0940. The van der Waals surface area contributed by atoms with Crippen molar-refractivity contribution < 1.29 is 9.21 Å². The second kappa shape index (κ2) is 5.83. The second-order valence-corrected chi connectivity index (χ2v) is 5.27. The Morgan fingerprint density at radius 1 is 1.14 bits per heavy atom. The molecule has 0 aliphatic heterocycles. The minimum absolute atomic E-state index is 0.0447. The Morgan fingerprint density at radius 3 is 2.71 bits per heavy atom. The summed E-state index contributed by atoms with van der Waals surface area (Å²) in [5, 5.41) is 5.23. The van der Waals surface area contributed by atoms with Crippen molar-refractivity contribution >= 4 is 16.7 Å². The first-order valence-corrected chi connectivity index (χ1v) is 7.03. The Bertz CT molecular complexity index is 747. The van der Waals surface area contributed by atoms with Gasteiger partial charge in [-0.15, -0.1) is 0 Å². The van der Waals surface area contributed by atoms with Crippen LogP contribution in [-0.4, -0.2) is 11.9 Å². The molecule has 106 valence electrons. The summed E-state index contributed by atoms with van der Waals surface area (Å²) in [6.07, 6.45) is 4.11. The van der Waals surface area contributed by atoms with Crippen LogP contribution in [-0.2, 0) is 6.42 Å². The van der Waals surface area contributed by atoms with Crippen molar-refractivity contribution in [1.82, 2.24) is 5.32 Å². The third kappa shape index (κ3) is 3.14. The lowest BCUT2D eigenvalue weighted by Gasteiger charge is -2.13. The number of carbonyl (C=O) groups excluding carboxylic acids is 1. The van der Waals surface area contributed by atoms with Crippen LogP contribution in [0.2, 0.25) is 0 Å². The van der Waals surface area contributed by atoms with E-state index in [1.807, 2.05) is 55.5 Å². The molecule has 2 aromatic carbocycles. The standard InChI is InChI=1S/C18H17NO2/c1-13(10-14-8-9-21-12-14)19-18(20)17-7-6-15-4-2-3-5-16(15)11-17/h2-9,11-13H,10H2,1H3,(H,19,20)/t13-/m0/s1. The van der Waals surface area contributed by atoms with E-state index in [1.165, 1.54) is 0 Å². The van der Waals surface area contributed by atoms with Gasteiger partial charge in [0.25, 0.3) is 5.91 Å². The van der Waals surface area contributed by atoms with Crippen molar-refractivity contribution in [3.63, 3.8) is 0 Å². The van der Waals surface area contributed by atoms with Crippen molar-refractivity contribution in [2.45, 2.75) is 19.4 Å². The van der Waals surface area contributed by atoms with Crippen molar-refractivity contribution in [3.8, 4) is 0 Å². The molecule has 1 heterocycles. The van der Waals surface area contributed by atoms with Gasteiger partial charge in [0.2, 0.25) is 0 Å². The SMILES string of the molecule is C[C@@H](Cc1ccoc1)NC(=O)c1ccc2ccccc2c1. The summed E-state index contributed by atoms with van der Waals surface area (Å²) in [6.45, 7) is 1.99. The van der Waals surface area contributed by atoms with Crippen molar-refractivity contribution in [1.29, 1.82) is 0 Å². The van der Waals surface area contributed by atoms with Crippen LogP contribution >= 0.6 is 0 Å². The van der Waals surface area contributed by atoms with Crippen LogP contribution in [0.3, 0.4) is 0 Å². The fraction of sp³-hybridized carbons (Fsp3) is 0.167. The molecule has 1 atom stereocenters. The molecule has 21 heavy (non-hydrogen) atoms. The fourth-order valence-corrected chi connectivity index (χ4v) is 2.45. The monoisotopic (exact) mass is 279 g/mol. The second-order valence-electron chi connectivity index (χ2n) is 5.27. The van der Waals surface area contributed by atoms with Gasteiger partial charge in [-0.25, -0.2) is 0 Å². The van der Waals surface area contributed by atoms with Gasteiger partial charge in [0.05, 0.1) is 12.5 Å². The van der Waals surface area contributed by atoms with Crippen molar-refractivity contribution in [3.05, 3.63) is 72.2 Å². The largest absolute Gasteiger partial charge is 0.472 e. The highest BCUT2D eigenvalue weighted by molar-refractivity contribution is 5.98. The van der Waals surface area contributed by atoms with Crippen LogP contribution in [0, 0.1) is 0 Å². The molecule has 0 aliphatic carbocycles. The van der Waals surface area contributed by atoms with Crippen LogP contribution in [0.25, 0.3) is 10.8 Å². The molecule has 0 radical (unpaired) electrons. The van der Waals surface area contributed by atoms with Gasteiger partial charge in [-0.2, -0.15) is 0 Å². The third-order valence-electron chi connectivity index (χ3n) is 3.51. The first-order valence-electron chi connectivity index (χ1n) is 7.03.